The number of aryl methyl sites for hydroxylation is 2. The molecule has 0 aliphatic rings. The topological polar surface area (TPSA) is 47.6 Å². The molecule has 0 saturated heterocycles. The summed E-state index contributed by atoms with van der Waals surface area (Å²) >= 11 is 0. The van der Waals surface area contributed by atoms with Gasteiger partial charge >= 0.3 is 5.97 Å². The summed E-state index contributed by atoms with van der Waals surface area (Å²) in [6.07, 6.45) is 0.556. The highest BCUT2D eigenvalue weighted by Gasteiger charge is 2.33. The molecule has 0 amide bonds. The molecule has 0 fully saturated rings. The maximum absolute atomic E-state index is 11.8. The molecule has 1 aromatic carbocycles. The van der Waals surface area contributed by atoms with Gasteiger partial charge in [-0.25, -0.2) is 0 Å². The highest BCUT2D eigenvalue weighted by atomic mass is 16.5. The molecule has 1 atom stereocenters. The molecular formula is C16H25NO3. The summed E-state index contributed by atoms with van der Waals surface area (Å²) in [6.45, 7) is 9.05. The Morgan fingerprint density at radius 1 is 1.25 bits per heavy atom. The van der Waals surface area contributed by atoms with Crippen LogP contribution in [0.1, 0.15) is 31.4 Å². The van der Waals surface area contributed by atoms with Gasteiger partial charge in [0.1, 0.15) is 11.3 Å². The van der Waals surface area contributed by atoms with Crippen LogP contribution in [0.3, 0.4) is 0 Å². The number of methoxy groups -OCH3 is 1. The van der Waals surface area contributed by atoms with Gasteiger partial charge in [0.15, 0.2) is 0 Å². The SMILES string of the molecule is CCNC(C)(CCOc1cc(C)cc(C)c1)C(=O)OC. The smallest absolute Gasteiger partial charge is 0.325 e. The Kier molecular flexibility index (Phi) is 6.02. The molecule has 0 radical (unpaired) electrons. The largest absolute Gasteiger partial charge is 0.493 e. The van der Waals surface area contributed by atoms with E-state index in [1.165, 1.54) is 18.2 Å². The van der Waals surface area contributed by atoms with Gasteiger partial charge in [0.05, 0.1) is 13.7 Å². The molecule has 0 saturated carbocycles. The first-order chi connectivity index (χ1) is 9.41. The van der Waals surface area contributed by atoms with Gasteiger partial charge in [-0.3, -0.25) is 4.79 Å². The third-order valence-electron chi connectivity index (χ3n) is 3.27. The van der Waals surface area contributed by atoms with E-state index in [1.807, 2.05) is 39.8 Å². The molecule has 4 nitrogen and oxygen atoms in total. The Labute approximate surface area is 121 Å². The van der Waals surface area contributed by atoms with Crippen molar-refractivity contribution in [2.75, 3.05) is 20.3 Å². The van der Waals surface area contributed by atoms with Crippen LogP contribution in [0.15, 0.2) is 18.2 Å². The molecule has 0 aromatic heterocycles. The van der Waals surface area contributed by atoms with Crippen LogP contribution in [0.25, 0.3) is 0 Å². The average Bonchev–Trinajstić information content (AvgIpc) is 2.37. The third kappa shape index (κ3) is 4.53. The second-order valence-corrected chi connectivity index (χ2v) is 5.28. The molecule has 1 aromatic rings. The van der Waals surface area contributed by atoms with Crippen molar-refractivity contribution in [2.45, 2.75) is 39.7 Å². The first-order valence-electron chi connectivity index (χ1n) is 6.96. The second kappa shape index (κ2) is 7.29. The summed E-state index contributed by atoms with van der Waals surface area (Å²) in [6, 6.07) is 6.09. The summed E-state index contributed by atoms with van der Waals surface area (Å²) in [5.74, 6) is 0.578. The molecule has 112 valence electrons. The molecule has 0 heterocycles. The van der Waals surface area contributed by atoms with Gasteiger partial charge in [-0.05, 0) is 50.6 Å². The zero-order valence-electron chi connectivity index (χ0n) is 13.1. The lowest BCUT2D eigenvalue weighted by Crippen LogP contribution is -2.51. The van der Waals surface area contributed by atoms with Crippen molar-refractivity contribution in [2.24, 2.45) is 0 Å². The normalized spacial score (nSPS) is 13.7. The van der Waals surface area contributed by atoms with E-state index in [1.54, 1.807) is 0 Å². The number of hydrogen-bond donors (Lipinski definition) is 1. The molecule has 0 bridgehead atoms. The summed E-state index contributed by atoms with van der Waals surface area (Å²) in [7, 11) is 1.41. The molecule has 1 rings (SSSR count). The third-order valence-corrected chi connectivity index (χ3v) is 3.27. The van der Waals surface area contributed by atoms with Crippen molar-refractivity contribution < 1.29 is 14.3 Å². The van der Waals surface area contributed by atoms with Crippen LogP contribution >= 0.6 is 0 Å². The van der Waals surface area contributed by atoms with Crippen LogP contribution in [-0.4, -0.2) is 31.8 Å². The molecule has 0 aliphatic heterocycles. The van der Waals surface area contributed by atoms with E-state index in [9.17, 15) is 4.79 Å². The fraction of sp³-hybridized carbons (Fsp3) is 0.562. The number of rotatable bonds is 7. The zero-order chi connectivity index (χ0) is 15.2. The van der Waals surface area contributed by atoms with Gasteiger partial charge in [0.25, 0.3) is 0 Å². The number of hydrogen-bond acceptors (Lipinski definition) is 4. The lowest BCUT2D eigenvalue weighted by molar-refractivity contribution is -0.148. The van der Waals surface area contributed by atoms with Gasteiger partial charge in [0, 0.05) is 6.42 Å². The number of benzene rings is 1. The van der Waals surface area contributed by atoms with Gasteiger partial charge in [-0.1, -0.05) is 13.0 Å². The number of carbonyl (C=O) groups excluding carboxylic acids is 1. The number of carbonyl (C=O) groups is 1. The number of likely N-dealkylation sites (N-methyl/N-ethyl adjacent to an activating group) is 1. The van der Waals surface area contributed by atoms with Crippen molar-refractivity contribution in [3.63, 3.8) is 0 Å². The van der Waals surface area contributed by atoms with Crippen molar-refractivity contribution in [3.8, 4) is 5.75 Å². The second-order valence-electron chi connectivity index (χ2n) is 5.28. The molecule has 1 unspecified atom stereocenters. The van der Waals surface area contributed by atoms with Crippen molar-refractivity contribution in [1.29, 1.82) is 0 Å². The highest BCUT2D eigenvalue weighted by Crippen LogP contribution is 2.18. The minimum Gasteiger partial charge on any atom is -0.493 e. The fourth-order valence-corrected chi connectivity index (χ4v) is 2.27. The Bertz CT molecular complexity index is 439. The highest BCUT2D eigenvalue weighted by molar-refractivity contribution is 5.80. The van der Waals surface area contributed by atoms with Crippen LogP contribution in [0.5, 0.6) is 5.75 Å². The lowest BCUT2D eigenvalue weighted by atomic mass is 9.98. The van der Waals surface area contributed by atoms with E-state index < -0.39 is 5.54 Å². The number of ether oxygens (including phenoxy) is 2. The standard InChI is InChI=1S/C16H25NO3/c1-6-17-16(4,15(18)19-5)7-8-20-14-10-12(2)9-13(3)11-14/h9-11,17H,6-8H2,1-5H3. The Morgan fingerprint density at radius 2 is 1.85 bits per heavy atom. The first kappa shape index (κ1) is 16.5. The molecule has 0 aliphatic carbocycles. The van der Waals surface area contributed by atoms with E-state index >= 15 is 0 Å². The van der Waals surface area contributed by atoms with Crippen molar-refractivity contribution in [1.82, 2.24) is 5.32 Å². The Balaban J connectivity index is 2.62. The van der Waals surface area contributed by atoms with Gasteiger partial charge in [-0.2, -0.15) is 0 Å². The minimum atomic E-state index is -0.706. The summed E-state index contributed by atoms with van der Waals surface area (Å²) in [5.41, 5.74) is 1.63. The Hall–Kier alpha value is -1.55. The fourth-order valence-electron chi connectivity index (χ4n) is 2.27. The van der Waals surface area contributed by atoms with Crippen LogP contribution < -0.4 is 10.1 Å². The van der Waals surface area contributed by atoms with E-state index in [0.717, 1.165) is 5.75 Å². The quantitative estimate of drug-likeness (QED) is 0.779. The summed E-state index contributed by atoms with van der Waals surface area (Å²) in [5, 5.41) is 3.16. The van der Waals surface area contributed by atoms with Crippen LogP contribution in [0.2, 0.25) is 0 Å². The van der Waals surface area contributed by atoms with Crippen LogP contribution in [0.4, 0.5) is 0 Å². The van der Waals surface area contributed by atoms with Gasteiger partial charge in [0.2, 0.25) is 0 Å². The monoisotopic (exact) mass is 279 g/mol. The predicted molar refractivity (Wildman–Crippen MR) is 80.1 cm³/mol. The summed E-state index contributed by atoms with van der Waals surface area (Å²) in [4.78, 5) is 11.8. The van der Waals surface area contributed by atoms with Gasteiger partial charge < -0.3 is 14.8 Å². The molecule has 4 heteroatoms. The van der Waals surface area contributed by atoms with Crippen molar-refractivity contribution in [3.05, 3.63) is 29.3 Å². The van der Waals surface area contributed by atoms with Crippen molar-refractivity contribution >= 4 is 5.97 Å². The number of esters is 1. The zero-order valence-corrected chi connectivity index (χ0v) is 13.1. The maximum Gasteiger partial charge on any atom is 0.325 e. The average molecular weight is 279 g/mol. The van der Waals surface area contributed by atoms with Crippen LogP contribution in [-0.2, 0) is 9.53 Å². The maximum atomic E-state index is 11.8. The summed E-state index contributed by atoms with van der Waals surface area (Å²) < 4.78 is 10.6. The van der Waals surface area contributed by atoms with E-state index in [0.29, 0.717) is 19.6 Å². The minimum absolute atomic E-state index is 0.261. The van der Waals surface area contributed by atoms with Crippen LogP contribution in [0, 0.1) is 13.8 Å². The Morgan fingerprint density at radius 3 is 2.35 bits per heavy atom. The van der Waals surface area contributed by atoms with E-state index in [4.69, 9.17) is 9.47 Å². The molecule has 0 spiro atoms. The number of nitrogens with one attached hydrogen (secondary N) is 1. The first-order valence-corrected chi connectivity index (χ1v) is 6.96. The lowest BCUT2D eigenvalue weighted by Gasteiger charge is -2.27. The van der Waals surface area contributed by atoms with Gasteiger partial charge in [-0.15, -0.1) is 0 Å². The molecule has 1 N–H and O–H groups in total. The van der Waals surface area contributed by atoms with E-state index in [2.05, 4.69) is 11.4 Å². The molecule has 20 heavy (non-hydrogen) atoms. The predicted octanol–water partition coefficient (Wildman–Crippen LogP) is 2.61. The van der Waals surface area contributed by atoms with E-state index in [-0.39, 0.29) is 5.97 Å². The molecular weight excluding hydrogens is 254 g/mol.